The highest BCUT2D eigenvalue weighted by Crippen LogP contribution is 2.30. The number of para-hydroxylation sites is 1. The summed E-state index contributed by atoms with van der Waals surface area (Å²) < 4.78 is 3.88. The monoisotopic (exact) mass is 394 g/mol. The van der Waals surface area contributed by atoms with Gasteiger partial charge in [-0.05, 0) is 19.9 Å². The van der Waals surface area contributed by atoms with Crippen LogP contribution in [0, 0.1) is 6.92 Å². The van der Waals surface area contributed by atoms with Crippen LogP contribution in [0.5, 0.6) is 0 Å². The van der Waals surface area contributed by atoms with Gasteiger partial charge in [0, 0.05) is 81.7 Å². The molecule has 29 heavy (non-hydrogen) atoms. The molecule has 0 aliphatic carbocycles. The van der Waals surface area contributed by atoms with Crippen LogP contribution in [0.25, 0.3) is 0 Å². The van der Waals surface area contributed by atoms with Crippen molar-refractivity contribution in [1.82, 2.24) is 24.2 Å². The molecule has 1 N–H and O–H groups in total. The SMILES string of the molecule is CCn1cc(CN2CCN(c3ccccc3[C@@H](O)c3nccn3C)CC2)c(C)n1. The van der Waals surface area contributed by atoms with Crippen LogP contribution in [0.1, 0.15) is 35.7 Å². The summed E-state index contributed by atoms with van der Waals surface area (Å²) in [5.74, 6) is 0.666. The highest BCUT2D eigenvalue weighted by Gasteiger charge is 2.24. The van der Waals surface area contributed by atoms with Crippen LogP contribution in [0.3, 0.4) is 0 Å². The first-order valence-electron chi connectivity index (χ1n) is 10.3. The number of aromatic nitrogens is 4. The fourth-order valence-corrected chi connectivity index (χ4v) is 4.05. The predicted molar refractivity (Wildman–Crippen MR) is 114 cm³/mol. The van der Waals surface area contributed by atoms with E-state index in [4.69, 9.17) is 0 Å². The molecule has 0 saturated carbocycles. The third kappa shape index (κ3) is 4.06. The number of aliphatic hydroxyl groups excluding tert-OH is 1. The molecule has 0 unspecified atom stereocenters. The Morgan fingerprint density at radius 2 is 1.90 bits per heavy atom. The molecule has 2 aromatic heterocycles. The van der Waals surface area contributed by atoms with Crippen molar-refractivity contribution in [2.45, 2.75) is 33.0 Å². The van der Waals surface area contributed by atoms with Gasteiger partial charge >= 0.3 is 0 Å². The lowest BCUT2D eigenvalue weighted by Crippen LogP contribution is -2.46. The Labute approximate surface area is 172 Å². The van der Waals surface area contributed by atoms with E-state index in [1.54, 1.807) is 6.20 Å². The summed E-state index contributed by atoms with van der Waals surface area (Å²) in [6.45, 7) is 9.91. The van der Waals surface area contributed by atoms with Crippen LogP contribution in [0.15, 0.2) is 42.9 Å². The molecule has 1 aromatic carbocycles. The molecule has 1 fully saturated rings. The van der Waals surface area contributed by atoms with Crippen molar-refractivity contribution in [3.05, 3.63) is 65.5 Å². The molecular weight excluding hydrogens is 364 g/mol. The standard InChI is InChI=1S/C22H30N6O/c1-4-28-16-18(17(2)24-28)15-26-11-13-27(14-12-26)20-8-6-5-7-19(20)21(29)22-23-9-10-25(22)3/h5-10,16,21,29H,4,11-15H2,1-3H3/t21-/m1/s1. The number of benzene rings is 1. The van der Waals surface area contributed by atoms with E-state index in [0.29, 0.717) is 5.82 Å². The molecular formula is C22H30N6O. The van der Waals surface area contributed by atoms with Crippen LogP contribution < -0.4 is 4.90 Å². The molecule has 1 aliphatic heterocycles. The number of nitrogens with zero attached hydrogens (tertiary/aromatic N) is 6. The molecule has 4 rings (SSSR count). The first-order valence-corrected chi connectivity index (χ1v) is 10.3. The average molecular weight is 395 g/mol. The van der Waals surface area contributed by atoms with Crippen molar-refractivity contribution >= 4 is 5.69 Å². The van der Waals surface area contributed by atoms with Crippen molar-refractivity contribution in [1.29, 1.82) is 0 Å². The molecule has 1 aliphatic rings. The molecule has 0 radical (unpaired) electrons. The highest BCUT2D eigenvalue weighted by atomic mass is 16.3. The Morgan fingerprint density at radius 1 is 1.14 bits per heavy atom. The Kier molecular flexibility index (Phi) is 5.69. The van der Waals surface area contributed by atoms with Gasteiger partial charge in [0.25, 0.3) is 0 Å². The second kappa shape index (κ2) is 8.39. The normalized spacial score (nSPS) is 16.3. The number of aliphatic hydroxyl groups is 1. The summed E-state index contributed by atoms with van der Waals surface area (Å²) in [7, 11) is 1.91. The summed E-state index contributed by atoms with van der Waals surface area (Å²) in [6, 6.07) is 8.13. The largest absolute Gasteiger partial charge is 0.380 e. The van der Waals surface area contributed by atoms with Crippen LogP contribution >= 0.6 is 0 Å². The maximum absolute atomic E-state index is 10.9. The molecule has 1 atom stereocenters. The third-order valence-electron chi connectivity index (χ3n) is 5.81. The predicted octanol–water partition coefficient (Wildman–Crippen LogP) is 2.35. The molecule has 154 valence electrons. The van der Waals surface area contributed by atoms with Gasteiger partial charge in [-0.25, -0.2) is 4.98 Å². The number of piperazine rings is 1. The summed E-state index contributed by atoms with van der Waals surface area (Å²) in [5, 5.41) is 15.5. The minimum Gasteiger partial charge on any atom is -0.380 e. The molecule has 0 spiro atoms. The van der Waals surface area contributed by atoms with Gasteiger partial charge in [-0.3, -0.25) is 9.58 Å². The van der Waals surface area contributed by atoms with E-state index >= 15 is 0 Å². The molecule has 7 nitrogen and oxygen atoms in total. The zero-order valence-corrected chi connectivity index (χ0v) is 17.5. The molecule has 3 aromatic rings. The average Bonchev–Trinajstić information content (AvgIpc) is 3.33. The first kappa shape index (κ1) is 19.7. The van der Waals surface area contributed by atoms with Gasteiger partial charge in [0.15, 0.2) is 0 Å². The van der Waals surface area contributed by atoms with Gasteiger partial charge in [-0.2, -0.15) is 5.10 Å². The molecule has 1 saturated heterocycles. The van der Waals surface area contributed by atoms with E-state index in [1.165, 1.54) is 5.56 Å². The Bertz CT molecular complexity index is 954. The zero-order valence-electron chi connectivity index (χ0n) is 17.5. The Hall–Kier alpha value is -2.64. The number of anilines is 1. The van der Waals surface area contributed by atoms with Crippen LogP contribution in [-0.2, 0) is 20.1 Å². The minimum absolute atomic E-state index is 0.666. The topological polar surface area (TPSA) is 62.4 Å². The fraction of sp³-hybridized carbons (Fsp3) is 0.455. The van der Waals surface area contributed by atoms with Gasteiger partial charge in [0.1, 0.15) is 11.9 Å². The molecule has 0 amide bonds. The van der Waals surface area contributed by atoms with E-state index < -0.39 is 6.10 Å². The van der Waals surface area contributed by atoms with Gasteiger partial charge in [-0.15, -0.1) is 0 Å². The molecule has 7 heteroatoms. The van der Waals surface area contributed by atoms with E-state index in [9.17, 15) is 5.11 Å². The lowest BCUT2D eigenvalue weighted by Gasteiger charge is -2.37. The number of hydrogen-bond acceptors (Lipinski definition) is 5. The van der Waals surface area contributed by atoms with E-state index in [2.05, 4.69) is 46.0 Å². The van der Waals surface area contributed by atoms with E-state index in [-0.39, 0.29) is 0 Å². The van der Waals surface area contributed by atoms with Gasteiger partial charge in [0.05, 0.1) is 5.69 Å². The zero-order chi connectivity index (χ0) is 20.4. The van der Waals surface area contributed by atoms with Gasteiger partial charge in [-0.1, -0.05) is 18.2 Å². The first-order chi connectivity index (χ1) is 14.1. The number of hydrogen-bond donors (Lipinski definition) is 1. The van der Waals surface area contributed by atoms with Crippen molar-refractivity contribution in [2.24, 2.45) is 7.05 Å². The second-order valence-electron chi connectivity index (χ2n) is 7.72. The lowest BCUT2D eigenvalue weighted by molar-refractivity contribution is 0.205. The molecule has 0 bridgehead atoms. The van der Waals surface area contributed by atoms with Crippen LogP contribution in [0.4, 0.5) is 5.69 Å². The highest BCUT2D eigenvalue weighted by molar-refractivity contribution is 5.56. The fourth-order valence-electron chi connectivity index (χ4n) is 4.05. The van der Waals surface area contributed by atoms with Crippen molar-refractivity contribution < 1.29 is 5.11 Å². The van der Waals surface area contributed by atoms with Gasteiger partial charge < -0.3 is 14.6 Å². The quantitative estimate of drug-likeness (QED) is 0.695. The maximum Gasteiger partial charge on any atom is 0.142 e. The third-order valence-corrected chi connectivity index (χ3v) is 5.81. The summed E-state index contributed by atoms with van der Waals surface area (Å²) in [6.07, 6.45) is 5.03. The summed E-state index contributed by atoms with van der Waals surface area (Å²) in [4.78, 5) is 9.19. The van der Waals surface area contributed by atoms with Crippen LogP contribution in [-0.4, -0.2) is 55.5 Å². The van der Waals surface area contributed by atoms with Crippen molar-refractivity contribution in [3.63, 3.8) is 0 Å². The van der Waals surface area contributed by atoms with E-state index in [0.717, 1.165) is 56.2 Å². The second-order valence-corrected chi connectivity index (χ2v) is 7.72. The number of imidazole rings is 1. The summed E-state index contributed by atoms with van der Waals surface area (Å²) >= 11 is 0. The maximum atomic E-state index is 10.9. The van der Waals surface area contributed by atoms with Crippen molar-refractivity contribution in [2.75, 3.05) is 31.1 Å². The Balaban J connectivity index is 1.45. The Morgan fingerprint density at radius 3 is 2.55 bits per heavy atom. The number of aryl methyl sites for hydroxylation is 3. The van der Waals surface area contributed by atoms with Crippen molar-refractivity contribution in [3.8, 4) is 0 Å². The molecule has 3 heterocycles. The summed E-state index contributed by atoms with van der Waals surface area (Å²) in [5.41, 5.74) is 4.44. The van der Waals surface area contributed by atoms with Crippen LogP contribution in [0.2, 0.25) is 0 Å². The smallest absolute Gasteiger partial charge is 0.142 e. The number of rotatable bonds is 6. The van der Waals surface area contributed by atoms with E-state index in [1.807, 2.05) is 40.7 Å². The van der Waals surface area contributed by atoms with Gasteiger partial charge in [0.2, 0.25) is 0 Å². The lowest BCUT2D eigenvalue weighted by atomic mass is 10.0. The minimum atomic E-state index is -0.730.